The molecule has 2 atom stereocenters. The van der Waals surface area contributed by atoms with Crippen LogP contribution >= 0.6 is 0 Å². The van der Waals surface area contributed by atoms with Gasteiger partial charge in [0.15, 0.2) is 11.6 Å². The van der Waals surface area contributed by atoms with E-state index in [-0.39, 0.29) is 17.9 Å². The number of aromatic nitrogens is 3. The summed E-state index contributed by atoms with van der Waals surface area (Å²) in [6.07, 6.45) is 3.94. The number of piperidine rings is 1. The maximum atomic E-state index is 15.3. The molecule has 0 saturated carbocycles. The summed E-state index contributed by atoms with van der Waals surface area (Å²) >= 11 is -3.03. The van der Waals surface area contributed by atoms with Crippen LogP contribution < -0.4 is 14.4 Å². The fourth-order valence-electron chi connectivity index (χ4n) is 4.85. The second-order valence-corrected chi connectivity index (χ2v) is 12.3. The summed E-state index contributed by atoms with van der Waals surface area (Å²) in [6, 6.07) is 8.39. The van der Waals surface area contributed by atoms with Crippen molar-refractivity contribution in [2.45, 2.75) is 45.3 Å². The lowest BCUT2D eigenvalue weighted by atomic mass is 10.1. The molecule has 0 aliphatic carbocycles. The van der Waals surface area contributed by atoms with Crippen molar-refractivity contribution in [1.82, 2.24) is 19.9 Å². The second kappa shape index (κ2) is 13.9. The van der Waals surface area contributed by atoms with Crippen LogP contribution in [0.15, 0.2) is 60.9 Å². The van der Waals surface area contributed by atoms with Crippen LogP contribution in [-0.2, 0) is 16.0 Å². The normalized spacial score (nSPS) is 15.6. The molecule has 1 amide bonds. The number of hydrogen-bond donors (Lipinski definition) is 2. The van der Waals surface area contributed by atoms with Gasteiger partial charge in [0.05, 0.1) is 22.6 Å². The molecular formula is C31H30F4N6O5S. The average Bonchev–Trinajstić information content (AvgIpc) is 3.00. The second-order valence-electron chi connectivity index (χ2n) is 11.5. The first-order chi connectivity index (χ1) is 22.3. The van der Waals surface area contributed by atoms with E-state index in [1.54, 1.807) is 43.9 Å². The van der Waals surface area contributed by atoms with Crippen LogP contribution in [0.1, 0.15) is 33.6 Å². The zero-order valence-electron chi connectivity index (χ0n) is 25.4. The molecule has 2 aromatic carbocycles. The predicted molar refractivity (Wildman–Crippen MR) is 165 cm³/mol. The first-order valence-corrected chi connectivity index (χ1v) is 15.4. The minimum absolute atomic E-state index is 0.147. The number of hydrogen-bond acceptors (Lipinski definition) is 8. The van der Waals surface area contributed by atoms with Crippen molar-refractivity contribution in [3.05, 3.63) is 84.2 Å². The van der Waals surface area contributed by atoms with E-state index in [0.717, 1.165) is 25.0 Å². The molecule has 1 aliphatic heterocycles. The van der Waals surface area contributed by atoms with E-state index in [2.05, 4.69) is 20.3 Å². The molecule has 5 rings (SSSR count). The number of carbonyl (C=O) groups is 1. The maximum Gasteiger partial charge on any atom is 0.410 e. The molecule has 0 radical (unpaired) electrons. The monoisotopic (exact) mass is 674 g/mol. The van der Waals surface area contributed by atoms with E-state index < -0.39 is 63.4 Å². The van der Waals surface area contributed by atoms with E-state index in [9.17, 15) is 22.3 Å². The fourth-order valence-corrected chi connectivity index (χ4v) is 5.44. The van der Waals surface area contributed by atoms with Gasteiger partial charge < -0.3 is 19.7 Å². The lowest BCUT2D eigenvalue weighted by Gasteiger charge is -2.34. The van der Waals surface area contributed by atoms with Crippen molar-refractivity contribution in [2.75, 3.05) is 22.7 Å². The fraction of sp³-hybridized carbons (Fsp3) is 0.290. The van der Waals surface area contributed by atoms with Crippen LogP contribution in [0, 0.1) is 23.3 Å². The first-order valence-electron chi connectivity index (χ1n) is 14.3. The average molecular weight is 675 g/mol. The SMILES string of the molecule is CC(C)(C)OC(=O)N1CCC[C@H](Nc2nccc(-c3cccnc3Oc3ccc(N(c4cc(F)cc(F)c4)S(=O)O)c(F)c3F)n2)C1. The molecule has 1 saturated heterocycles. The molecule has 3 heterocycles. The topological polar surface area (TPSA) is 130 Å². The summed E-state index contributed by atoms with van der Waals surface area (Å²) < 4.78 is 91.5. The van der Waals surface area contributed by atoms with Gasteiger partial charge in [-0.05, 0) is 76.1 Å². The quantitative estimate of drug-likeness (QED) is 0.150. The summed E-state index contributed by atoms with van der Waals surface area (Å²) in [6.45, 7) is 6.33. The van der Waals surface area contributed by atoms with E-state index in [1.165, 1.54) is 12.4 Å². The number of rotatable bonds is 8. The standard InChI is InChI=1S/C31H30F4N6O5S/c1-31(2,3)46-30(42)40-13-5-6-20(17-40)38-29-37-12-10-23(39-29)22-7-4-11-36-28(22)45-25-9-8-24(26(34)27(25)35)41(47(43)44)21-15-18(32)14-19(33)16-21/h4,7-12,14-16,20H,5-6,13,17H2,1-3H3,(H,43,44)(H,37,38,39)/t20-/m0/s1. The number of anilines is 3. The highest BCUT2D eigenvalue weighted by molar-refractivity contribution is 7.81. The highest BCUT2D eigenvalue weighted by atomic mass is 32.2. The maximum absolute atomic E-state index is 15.3. The van der Waals surface area contributed by atoms with Crippen LogP contribution in [0.5, 0.6) is 11.6 Å². The van der Waals surface area contributed by atoms with Crippen LogP contribution in [0.3, 0.4) is 0 Å². The van der Waals surface area contributed by atoms with Gasteiger partial charge in [0.25, 0.3) is 11.3 Å². The van der Waals surface area contributed by atoms with Crippen molar-refractivity contribution in [1.29, 1.82) is 0 Å². The molecule has 11 nitrogen and oxygen atoms in total. The van der Waals surface area contributed by atoms with Gasteiger partial charge in [-0.3, -0.25) is 4.55 Å². The van der Waals surface area contributed by atoms with Crippen molar-refractivity contribution in [3.63, 3.8) is 0 Å². The molecule has 2 N–H and O–H groups in total. The highest BCUT2D eigenvalue weighted by Crippen LogP contribution is 2.37. The van der Waals surface area contributed by atoms with Gasteiger partial charge in [-0.15, -0.1) is 0 Å². The largest absolute Gasteiger partial charge is 0.444 e. The molecule has 16 heteroatoms. The summed E-state index contributed by atoms with van der Waals surface area (Å²) in [4.78, 5) is 27.2. The molecule has 1 fully saturated rings. The van der Waals surface area contributed by atoms with Crippen LogP contribution in [-0.4, -0.2) is 59.4 Å². The zero-order chi connectivity index (χ0) is 33.9. The van der Waals surface area contributed by atoms with Gasteiger partial charge in [0.1, 0.15) is 17.2 Å². The Morgan fingerprint density at radius 3 is 2.49 bits per heavy atom. The third-order valence-electron chi connectivity index (χ3n) is 6.80. The molecule has 0 bridgehead atoms. The first kappa shape index (κ1) is 33.5. The van der Waals surface area contributed by atoms with Crippen LogP contribution in [0.4, 0.5) is 39.7 Å². The third-order valence-corrected chi connectivity index (χ3v) is 7.52. The van der Waals surface area contributed by atoms with E-state index in [4.69, 9.17) is 9.47 Å². The molecule has 1 aliphatic rings. The number of nitrogens with one attached hydrogen (secondary N) is 1. The summed E-state index contributed by atoms with van der Waals surface area (Å²) in [7, 11) is 0. The van der Waals surface area contributed by atoms with Crippen LogP contribution in [0.25, 0.3) is 11.3 Å². The van der Waals surface area contributed by atoms with Crippen LogP contribution in [0.2, 0.25) is 0 Å². The van der Waals surface area contributed by atoms with Crippen molar-refractivity contribution >= 4 is 34.7 Å². The molecule has 0 spiro atoms. The predicted octanol–water partition coefficient (Wildman–Crippen LogP) is 6.97. The van der Waals surface area contributed by atoms with Gasteiger partial charge in [-0.1, -0.05) is 0 Å². The molecule has 47 heavy (non-hydrogen) atoms. The lowest BCUT2D eigenvalue weighted by molar-refractivity contribution is 0.0206. The van der Waals surface area contributed by atoms with Gasteiger partial charge in [-0.25, -0.2) is 41.4 Å². The Morgan fingerprint density at radius 1 is 1.04 bits per heavy atom. The number of likely N-dealkylation sites (tertiary alicyclic amines) is 1. The summed E-state index contributed by atoms with van der Waals surface area (Å²) in [5.41, 5.74) is -1.30. The zero-order valence-corrected chi connectivity index (χ0v) is 26.2. The number of ether oxygens (including phenoxy) is 2. The molecule has 1 unspecified atom stereocenters. The molecular weight excluding hydrogens is 644 g/mol. The summed E-state index contributed by atoms with van der Waals surface area (Å²) in [5.74, 6) is -5.88. The Bertz CT molecular complexity index is 1790. The Hall–Kier alpha value is -4.83. The Balaban J connectivity index is 1.37. The van der Waals surface area contributed by atoms with Crippen molar-refractivity contribution in [2.24, 2.45) is 0 Å². The van der Waals surface area contributed by atoms with Crippen molar-refractivity contribution in [3.8, 4) is 22.9 Å². The van der Waals surface area contributed by atoms with Gasteiger partial charge in [0, 0.05) is 37.6 Å². The van der Waals surface area contributed by atoms with Gasteiger partial charge >= 0.3 is 6.09 Å². The molecule has 2 aromatic heterocycles. The van der Waals surface area contributed by atoms with E-state index >= 15 is 8.78 Å². The number of benzene rings is 2. The lowest BCUT2D eigenvalue weighted by Crippen LogP contribution is -2.47. The molecule has 248 valence electrons. The smallest absolute Gasteiger partial charge is 0.410 e. The van der Waals surface area contributed by atoms with E-state index in [0.29, 0.717) is 46.9 Å². The third kappa shape index (κ3) is 8.13. The van der Waals surface area contributed by atoms with Crippen molar-refractivity contribution < 1.29 is 40.6 Å². The summed E-state index contributed by atoms with van der Waals surface area (Å²) in [5, 5.41) is 3.23. The minimum atomic E-state index is -3.03. The van der Waals surface area contributed by atoms with Gasteiger partial charge in [-0.2, -0.15) is 4.39 Å². The minimum Gasteiger partial charge on any atom is -0.444 e. The number of carbonyl (C=O) groups excluding carboxylic acids is 1. The number of nitrogens with zero attached hydrogens (tertiary/aromatic N) is 5. The highest BCUT2D eigenvalue weighted by Gasteiger charge is 2.29. The number of halogens is 4. The number of amides is 1. The Labute approximate surface area is 270 Å². The Morgan fingerprint density at radius 2 is 1.79 bits per heavy atom. The molecule has 4 aromatic rings. The Kier molecular flexibility index (Phi) is 9.91. The number of pyridine rings is 1. The van der Waals surface area contributed by atoms with Gasteiger partial charge in [0.2, 0.25) is 17.6 Å². The van der Waals surface area contributed by atoms with E-state index in [1.807, 2.05) is 0 Å².